The summed E-state index contributed by atoms with van der Waals surface area (Å²) in [7, 11) is 0. The number of halogens is 5. The van der Waals surface area contributed by atoms with Gasteiger partial charge in [0.2, 0.25) is 0 Å². The van der Waals surface area contributed by atoms with E-state index in [2.05, 4.69) is 4.98 Å². The minimum atomic E-state index is -4.74. The van der Waals surface area contributed by atoms with Crippen LogP contribution in [0, 0.1) is 11.6 Å². The molecule has 0 spiro atoms. The Labute approximate surface area is 104 Å². The van der Waals surface area contributed by atoms with Crippen LogP contribution in [0.25, 0.3) is 11.3 Å². The molecular formula is C12H7F5N2. The van der Waals surface area contributed by atoms with Crippen LogP contribution < -0.4 is 5.73 Å². The Morgan fingerprint density at radius 2 is 1.74 bits per heavy atom. The van der Waals surface area contributed by atoms with Crippen molar-refractivity contribution in [3.63, 3.8) is 0 Å². The molecule has 2 aromatic rings. The number of rotatable bonds is 1. The van der Waals surface area contributed by atoms with Crippen molar-refractivity contribution in [3.8, 4) is 11.3 Å². The molecule has 0 fully saturated rings. The fourth-order valence-corrected chi connectivity index (χ4v) is 1.59. The molecule has 1 heterocycles. The summed E-state index contributed by atoms with van der Waals surface area (Å²) in [5.41, 5.74) is 2.82. The maximum absolute atomic E-state index is 13.5. The van der Waals surface area contributed by atoms with Crippen LogP contribution in [-0.2, 0) is 6.18 Å². The van der Waals surface area contributed by atoms with Crippen LogP contribution in [-0.4, -0.2) is 4.98 Å². The van der Waals surface area contributed by atoms with E-state index >= 15 is 0 Å². The van der Waals surface area contributed by atoms with Gasteiger partial charge in [-0.2, -0.15) is 13.2 Å². The van der Waals surface area contributed by atoms with Crippen molar-refractivity contribution in [3.05, 3.63) is 47.7 Å². The lowest BCUT2D eigenvalue weighted by Crippen LogP contribution is -2.10. The molecule has 100 valence electrons. The van der Waals surface area contributed by atoms with Gasteiger partial charge in [0.15, 0.2) is 0 Å². The highest BCUT2D eigenvalue weighted by molar-refractivity contribution is 5.66. The van der Waals surface area contributed by atoms with Crippen LogP contribution >= 0.6 is 0 Å². The molecule has 0 saturated carbocycles. The largest absolute Gasteiger partial charge is 0.418 e. The number of alkyl halides is 3. The third kappa shape index (κ3) is 2.64. The molecule has 0 bridgehead atoms. The molecule has 0 radical (unpaired) electrons. The van der Waals surface area contributed by atoms with Crippen LogP contribution in [0.15, 0.2) is 30.5 Å². The average molecular weight is 274 g/mol. The molecule has 0 saturated heterocycles. The van der Waals surface area contributed by atoms with Crippen LogP contribution in [0.1, 0.15) is 5.56 Å². The maximum atomic E-state index is 13.5. The molecule has 1 aromatic carbocycles. The molecule has 0 aliphatic rings. The molecule has 0 aliphatic carbocycles. The number of benzene rings is 1. The van der Waals surface area contributed by atoms with Gasteiger partial charge in [-0.15, -0.1) is 0 Å². The smallest absolute Gasteiger partial charge is 0.397 e. The topological polar surface area (TPSA) is 38.9 Å². The average Bonchev–Trinajstić information content (AvgIpc) is 2.28. The van der Waals surface area contributed by atoms with E-state index in [9.17, 15) is 22.0 Å². The highest BCUT2D eigenvalue weighted by Crippen LogP contribution is 2.37. The number of aromatic nitrogens is 1. The van der Waals surface area contributed by atoms with Gasteiger partial charge in [-0.25, -0.2) is 8.78 Å². The first-order valence-corrected chi connectivity index (χ1v) is 5.07. The summed E-state index contributed by atoms with van der Waals surface area (Å²) in [6.45, 7) is 0. The molecule has 2 N–H and O–H groups in total. The van der Waals surface area contributed by atoms with Gasteiger partial charge in [0, 0.05) is 11.6 Å². The molecule has 1 aromatic heterocycles. The Hall–Kier alpha value is -2.18. The van der Waals surface area contributed by atoms with Crippen molar-refractivity contribution < 1.29 is 22.0 Å². The van der Waals surface area contributed by atoms with E-state index in [1.54, 1.807) is 0 Å². The van der Waals surface area contributed by atoms with Crippen LogP contribution in [0.2, 0.25) is 0 Å². The van der Waals surface area contributed by atoms with Crippen molar-refractivity contribution in [2.45, 2.75) is 6.18 Å². The molecule has 2 rings (SSSR count). The third-order valence-corrected chi connectivity index (χ3v) is 2.40. The lowest BCUT2D eigenvalue weighted by Gasteiger charge is -2.13. The molecule has 0 aliphatic heterocycles. The zero-order valence-corrected chi connectivity index (χ0v) is 9.30. The summed E-state index contributed by atoms with van der Waals surface area (Å²) < 4.78 is 64.8. The van der Waals surface area contributed by atoms with Crippen molar-refractivity contribution in [1.29, 1.82) is 0 Å². The Morgan fingerprint density at radius 3 is 2.32 bits per heavy atom. The standard InChI is InChI=1S/C12H7F5N2/c13-6-1-2-8(10(14)3-6)11-9(12(15,16)17)4-7(18)5-19-11/h1-5H,18H2. The maximum Gasteiger partial charge on any atom is 0.418 e. The molecule has 0 atom stereocenters. The Morgan fingerprint density at radius 1 is 1.05 bits per heavy atom. The van der Waals surface area contributed by atoms with E-state index in [1.165, 1.54) is 0 Å². The second-order valence-corrected chi connectivity index (χ2v) is 3.79. The monoisotopic (exact) mass is 274 g/mol. The normalized spacial score (nSPS) is 11.6. The number of hydrogen-bond acceptors (Lipinski definition) is 2. The van der Waals surface area contributed by atoms with Gasteiger partial charge in [-0.3, -0.25) is 4.98 Å². The highest BCUT2D eigenvalue weighted by atomic mass is 19.4. The Kier molecular flexibility index (Phi) is 3.13. The Balaban J connectivity index is 2.68. The van der Waals surface area contributed by atoms with Crippen LogP contribution in [0.4, 0.5) is 27.6 Å². The van der Waals surface area contributed by atoms with E-state index in [4.69, 9.17) is 5.73 Å². The highest BCUT2D eigenvalue weighted by Gasteiger charge is 2.35. The van der Waals surface area contributed by atoms with Gasteiger partial charge in [0.1, 0.15) is 11.6 Å². The number of pyridine rings is 1. The first-order valence-electron chi connectivity index (χ1n) is 5.07. The van der Waals surface area contributed by atoms with E-state index in [0.717, 1.165) is 18.3 Å². The van der Waals surface area contributed by atoms with Gasteiger partial charge in [0.05, 0.1) is 23.1 Å². The quantitative estimate of drug-likeness (QED) is 0.806. The number of nitrogens with zero attached hydrogens (tertiary/aromatic N) is 1. The van der Waals surface area contributed by atoms with Crippen molar-refractivity contribution in [1.82, 2.24) is 4.98 Å². The minimum absolute atomic E-state index is 0.196. The fourth-order valence-electron chi connectivity index (χ4n) is 1.59. The van der Waals surface area contributed by atoms with Crippen LogP contribution in [0.5, 0.6) is 0 Å². The molecule has 7 heteroatoms. The van der Waals surface area contributed by atoms with E-state index in [0.29, 0.717) is 12.1 Å². The molecule has 0 amide bonds. The summed E-state index contributed by atoms with van der Waals surface area (Å²) in [6.07, 6.45) is -3.76. The summed E-state index contributed by atoms with van der Waals surface area (Å²) in [5, 5.41) is 0. The van der Waals surface area contributed by atoms with Gasteiger partial charge in [0.25, 0.3) is 0 Å². The lowest BCUT2D eigenvalue weighted by molar-refractivity contribution is -0.137. The van der Waals surface area contributed by atoms with E-state index in [1.807, 2.05) is 0 Å². The van der Waals surface area contributed by atoms with Crippen molar-refractivity contribution in [2.75, 3.05) is 5.73 Å². The SMILES string of the molecule is Nc1cnc(-c2ccc(F)cc2F)c(C(F)(F)F)c1. The number of anilines is 1. The molecule has 19 heavy (non-hydrogen) atoms. The van der Waals surface area contributed by atoms with Gasteiger partial charge < -0.3 is 5.73 Å². The summed E-state index contributed by atoms with van der Waals surface area (Å²) >= 11 is 0. The zero-order chi connectivity index (χ0) is 14.2. The first-order chi connectivity index (χ1) is 8.79. The fraction of sp³-hybridized carbons (Fsp3) is 0.0833. The second kappa shape index (κ2) is 4.49. The van der Waals surface area contributed by atoms with E-state index in [-0.39, 0.29) is 5.69 Å². The predicted octanol–water partition coefficient (Wildman–Crippen LogP) is 3.63. The van der Waals surface area contributed by atoms with Crippen molar-refractivity contribution >= 4 is 5.69 Å². The minimum Gasteiger partial charge on any atom is -0.397 e. The summed E-state index contributed by atoms with van der Waals surface area (Å²) in [5.74, 6) is -2.01. The summed E-state index contributed by atoms with van der Waals surface area (Å²) in [6, 6.07) is 2.91. The van der Waals surface area contributed by atoms with E-state index < -0.39 is 34.6 Å². The van der Waals surface area contributed by atoms with Crippen molar-refractivity contribution in [2.24, 2.45) is 0 Å². The van der Waals surface area contributed by atoms with Gasteiger partial charge in [-0.1, -0.05) is 0 Å². The second-order valence-electron chi connectivity index (χ2n) is 3.79. The lowest BCUT2D eigenvalue weighted by atomic mass is 10.0. The number of hydrogen-bond donors (Lipinski definition) is 1. The first kappa shape index (κ1) is 13.3. The predicted molar refractivity (Wildman–Crippen MR) is 59.0 cm³/mol. The molecule has 0 unspecified atom stereocenters. The number of nitrogens with two attached hydrogens (primary N) is 1. The number of nitrogen functional groups attached to an aromatic ring is 1. The van der Waals surface area contributed by atoms with Crippen LogP contribution in [0.3, 0.4) is 0 Å². The molecule has 2 nitrogen and oxygen atoms in total. The zero-order valence-electron chi connectivity index (χ0n) is 9.30. The summed E-state index contributed by atoms with van der Waals surface area (Å²) in [4.78, 5) is 3.50. The van der Waals surface area contributed by atoms with Gasteiger partial charge >= 0.3 is 6.18 Å². The molecular weight excluding hydrogens is 267 g/mol. The Bertz CT molecular complexity index is 622. The third-order valence-electron chi connectivity index (χ3n) is 2.40. The van der Waals surface area contributed by atoms with Gasteiger partial charge in [-0.05, 0) is 18.2 Å².